The van der Waals surface area contributed by atoms with Crippen LogP contribution in [0.25, 0.3) is 0 Å². The zero-order valence-electron chi connectivity index (χ0n) is 20.9. The van der Waals surface area contributed by atoms with Crippen molar-refractivity contribution in [2.75, 3.05) is 25.1 Å². The quantitative estimate of drug-likeness (QED) is 0.280. The van der Waals surface area contributed by atoms with Crippen molar-refractivity contribution < 1.29 is 42.3 Å². The zero-order valence-corrected chi connectivity index (χ0v) is 22.5. The predicted molar refractivity (Wildman–Crippen MR) is 140 cm³/mol. The van der Waals surface area contributed by atoms with Crippen molar-refractivity contribution in [3.8, 4) is 0 Å². The lowest BCUT2D eigenvalue weighted by Crippen LogP contribution is -2.38. The summed E-state index contributed by atoms with van der Waals surface area (Å²) in [6.45, 7) is -1.57. The van der Waals surface area contributed by atoms with E-state index in [0.29, 0.717) is 17.0 Å². The van der Waals surface area contributed by atoms with E-state index in [1.165, 1.54) is 24.4 Å². The number of hydrogen-bond donors (Lipinski definition) is 3. The highest BCUT2D eigenvalue weighted by Gasteiger charge is 2.37. The molecule has 1 aliphatic rings. The van der Waals surface area contributed by atoms with E-state index in [1.54, 1.807) is 24.3 Å². The van der Waals surface area contributed by atoms with Crippen molar-refractivity contribution in [1.82, 2.24) is 9.55 Å². The molecule has 1 amide bonds. The number of aliphatic hydroxyl groups is 2. The number of carbonyl (C=O) groups excluding carboxylic acids is 1. The molecule has 1 unspecified atom stereocenters. The van der Waals surface area contributed by atoms with Crippen LogP contribution in [0.5, 0.6) is 0 Å². The van der Waals surface area contributed by atoms with Crippen molar-refractivity contribution in [3.05, 3.63) is 93.2 Å². The Morgan fingerprint density at radius 2 is 2.05 bits per heavy atom. The molecular formula is C25H26ClFN3O9P. The van der Waals surface area contributed by atoms with E-state index in [9.17, 15) is 28.8 Å². The molecule has 0 spiro atoms. The molecule has 1 fully saturated rings. The van der Waals surface area contributed by atoms with E-state index in [0.717, 1.165) is 16.7 Å². The van der Waals surface area contributed by atoms with Crippen LogP contribution in [0.3, 0.4) is 0 Å². The largest absolute Gasteiger partial charge is 0.475 e. The van der Waals surface area contributed by atoms with Gasteiger partial charge in [-0.25, -0.2) is 13.8 Å². The zero-order chi connectivity index (χ0) is 28.7. The van der Waals surface area contributed by atoms with Gasteiger partial charge in [-0.2, -0.15) is 4.98 Å². The number of aromatic nitrogens is 2. The van der Waals surface area contributed by atoms with Crippen LogP contribution in [-0.4, -0.2) is 57.7 Å². The molecule has 214 valence electrons. The highest BCUT2D eigenvalue weighted by molar-refractivity contribution is 7.48. The molecule has 4 atom stereocenters. The standard InChI is InChI=1S/C25H26ClFN3O9P/c26-18-3-1-2-17(12-18)21-9-11-37-40(35,39-21)38-14-22(20(32)13-31)36-15-30-10-8-23(29-25(30)34)28-24(33)16-4-6-19(27)7-5-16/h1-8,10,12,20-22,31-32H,9,11,13-15H2,(H,28,29,33,34)/t20-,21-,22+,40?/m0/s1. The van der Waals surface area contributed by atoms with Crippen LogP contribution in [0.4, 0.5) is 10.2 Å². The number of phosphoric ester groups is 1. The molecule has 1 aromatic heterocycles. The Kier molecular flexibility index (Phi) is 10.2. The second kappa shape index (κ2) is 13.6. The number of hydrogen-bond acceptors (Lipinski definition) is 10. The third-order valence-corrected chi connectivity index (χ3v) is 7.48. The van der Waals surface area contributed by atoms with E-state index >= 15 is 0 Å². The molecule has 0 radical (unpaired) electrons. The van der Waals surface area contributed by atoms with Gasteiger partial charge in [0.1, 0.15) is 30.6 Å². The van der Waals surface area contributed by atoms with Crippen LogP contribution in [-0.2, 0) is 29.6 Å². The van der Waals surface area contributed by atoms with Gasteiger partial charge in [-0.3, -0.25) is 22.9 Å². The number of carbonyl (C=O) groups is 1. The van der Waals surface area contributed by atoms with Gasteiger partial charge in [-0.15, -0.1) is 0 Å². The van der Waals surface area contributed by atoms with Crippen LogP contribution < -0.4 is 11.0 Å². The maximum atomic E-state index is 13.1. The molecule has 1 aliphatic heterocycles. The normalized spacial score (nSPS) is 20.6. The van der Waals surface area contributed by atoms with Gasteiger partial charge in [0.2, 0.25) is 0 Å². The molecule has 0 aliphatic carbocycles. The number of nitrogens with one attached hydrogen (secondary N) is 1. The Hall–Kier alpha value is -3.00. The van der Waals surface area contributed by atoms with Crippen LogP contribution in [0.2, 0.25) is 5.02 Å². The first kappa shape index (κ1) is 30.0. The first-order valence-corrected chi connectivity index (χ1v) is 13.9. The van der Waals surface area contributed by atoms with Gasteiger partial charge in [-0.05, 0) is 48.0 Å². The minimum Gasteiger partial charge on any atom is -0.394 e. The molecule has 12 nitrogen and oxygen atoms in total. The van der Waals surface area contributed by atoms with Crippen molar-refractivity contribution >= 4 is 31.1 Å². The first-order valence-electron chi connectivity index (χ1n) is 12.0. The van der Waals surface area contributed by atoms with Gasteiger partial charge in [0, 0.05) is 23.2 Å². The Labute approximate surface area is 232 Å². The van der Waals surface area contributed by atoms with Gasteiger partial charge >= 0.3 is 13.5 Å². The molecule has 3 N–H and O–H groups in total. The van der Waals surface area contributed by atoms with Gasteiger partial charge in [-0.1, -0.05) is 23.7 Å². The Morgan fingerprint density at radius 1 is 1.27 bits per heavy atom. The highest BCUT2D eigenvalue weighted by Crippen LogP contribution is 2.57. The molecule has 2 heterocycles. The van der Waals surface area contributed by atoms with Crippen LogP contribution in [0, 0.1) is 5.82 Å². The van der Waals surface area contributed by atoms with Crippen molar-refractivity contribution in [1.29, 1.82) is 0 Å². The Balaban J connectivity index is 1.35. The number of nitrogens with zero attached hydrogens (tertiary/aromatic N) is 2. The first-order chi connectivity index (χ1) is 19.2. The lowest BCUT2D eigenvalue weighted by Gasteiger charge is -2.30. The number of amides is 1. The van der Waals surface area contributed by atoms with Crippen molar-refractivity contribution in [2.45, 2.75) is 31.5 Å². The fraction of sp³-hybridized carbons (Fsp3) is 0.320. The summed E-state index contributed by atoms with van der Waals surface area (Å²) in [5, 5.41) is 22.5. The fourth-order valence-electron chi connectivity index (χ4n) is 3.63. The maximum Gasteiger partial charge on any atom is 0.475 e. The topological polar surface area (TPSA) is 158 Å². The lowest BCUT2D eigenvalue weighted by molar-refractivity contribution is -0.104. The van der Waals surface area contributed by atoms with Gasteiger partial charge in [0.25, 0.3) is 5.91 Å². The number of halogens is 2. The average molecular weight is 598 g/mol. The minimum atomic E-state index is -4.07. The summed E-state index contributed by atoms with van der Waals surface area (Å²) < 4.78 is 48.9. The third-order valence-electron chi connectivity index (χ3n) is 5.77. The number of phosphoric acid groups is 1. The van der Waals surface area contributed by atoms with E-state index in [2.05, 4.69) is 10.3 Å². The van der Waals surface area contributed by atoms with Crippen molar-refractivity contribution in [3.63, 3.8) is 0 Å². The van der Waals surface area contributed by atoms with E-state index < -0.39 is 63.5 Å². The van der Waals surface area contributed by atoms with Gasteiger partial charge in [0.05, 0.1) is 25.9 Å². The number of anilines is 1. The second-order valence-electron chi connectivity index (χ2n) is 8.62. The number of ether oxygens (including phenoxy) is 1. The molecular weight excluding hydrogens is 572 g/mol. The van der Waals surface area contributed by atoms with Crippen LogP contribution in [0.1, 0.15) is 28.4 Å². The van der Waals surface area contributed by atoms with E-state index in [-0.39, 0.29) is 18.0 Å². The Morgan fingerprint density at radius 3 is 2.75 bits per heavy atom. The van der Waals surface area contributed by atoms with Gasteiger partial charge < -0.3 is 20.3 Å². The lowest BCUT2D eigenvalue weighted by atomic mass is 10.1. The Bertz CT molecular complexity index is 1430. The molecule has 3 aromatic rings. The fourth-order valence-corrected chi connectivity index (χ4v) is 5.22. The molecule has 0 saturated carbocycles. The van der Waals surface area contributed by atoms with Crippen molar-refractivity contribution in [2.24, 2.45) is 0 Å². The van der Waals surface area contributed by atoms with Crippen LogP contribution >= 0.6 is 19.4 Å². The number of benzene rings is 2. The molecule has 1 saturated heterocycles. The summed E-state index contributed by atoms with van der Waals surface area (Å²) in [7, 11) is -4.07. The molecule has 40 heavy (non-hydrogen) atoms. The smallest absolute Gasteiger partial charge is 0.394 e. The number of aliphatic hydroxyl groups excluding tert-OH is 2. The number of rotatable bonds is 11. The molecule has 4 rings (SSSR count). The summed E-state index contributed by atoms with van der Waals surface area (Å²) in [6, 6.07) is 13.0. The minimum absolute atomic E-state index is 0.0511. The van der Waals surface area contributed by atoms with Gasteiger partial charge in [0.15, 0.2) is 0 Å². The predicted octanol–water partition coefficient (Wildman–Crippen LogP) is 3.29. The summed E-state index contributed by atoms with van der Waals surface area (Å²) >= 11 is 6.03. The summed E-state index contributed by atoms with van der Waals surface area (Å²) in [5.41, 5.74) is 0.0542. The third kappa shape index (κ3) is 8.03. The molecule has 0 bridgehead atoms. The SMILES string of the molecule is O=C(Nc1ccn(CO[C@H](COP2(=O)OCC[C@@H](c3cccc(Cl)c3)O2)[C@@H](O)CO)c(=O)n1)c1ccc(F)cc1. The van der Waals surface area contributed by atoms with E-state index in [1.807, 2.05) is 0 Å². The second-order valence-corrected chi connectivity index (χ2v) is 10.7. The van der Waals surface area contributed by atoms with E-state index in [4.69, 9.17) is 29.9 Å². The molecule has 2 aromatic carbocycles. The average Bonchev–Trinajstić information content (AvgIpc) is 2.94. The van der Waals surface area contributed by atoms with Crippen LogP contribution in [0.15, 0.2) is 65.6 Å². The molecule has 15 heteroatoms. The summed E-state index contributed by atoms with van der Waals surface area (Å²) in [6.07, 6.45) is -1.61. The monoisotopic (exact) mass is 597 g/mol. The highest BCUT2D eigenvalue weighted by atomic mass is 35.5. The summed E-state index contributed by atoms with van der Waals surface area (Å²) in [5.74, 6) is -1.14. The maximum absolute atomic E-state index is 13.1. The summed E-state index contributed by atoms with van der Waals surface area (Å²) in [4.78, 5) is 28.5.